The first-order valence-electron chi connectivity index (χ1n) is 7.15. The molecule has 1 rings (SSSR count). The number of methoxy groups -OCH3 is 1. The number of rotatable bonds is 8. The zero-order valence-corrected chi connectivity index (χ0v) is 13.8. The lowest BCUT2D eigenvalue weighted by atomic mass is 9.76. The highest BCUT2D eigenvalue weighted by Gasteiger charge is 2.43. The summed E-state index contributed by atoms with van der Waals surface area (Å²) in [6.45, 7) is 0.686. The predicted octanol–water partition coefficient (Wildman–Crippen LogP) is -0.344. The van der Waals surface area contributed by atoms with Crippen LogP contribution in [0, 0.1) is 5.41 Å². The molecular formula is C13H24N2O6S. The molecule has 1 atom stereocenters. The Morgan fingerprint density at radius 3 is 2.64 bits per heavy atom. The van der Waals surface area contributed by atoms with Crippen LogP contribution in [0.3, 0.4) is 0 Å². The van der Waals surface area contributed by atoms with Gasteiger partial charge in [0.2, 0.25) is 15.9 Å². The van der Waals surface area contributed by atoms with Gasteiger partial charge in [-0.05, 0) is 25.7 Å². The number of hydrogen-bond acceptors (Lipinski definition) is 5. The maximum Gasteiger partial charge on any atom is 0.311 e. The second-order valence-electron chi connectivity index (χ2n) is 5.69. The number of amides is 1. The van der Waals surface area contributed by atoms with Crippen LogP contribution < -0.4 is 4.72 Å². The Kier molecular flexibility index (Phi) is 6.76. The average molecular weight is 336 g/mol. The first-order valence-corrected chi connectivity index (χ1v) is 9.04. The summed E-state index contributed by atoms with van der Waals surface area (Å²) in [4.78, 5) is 25.2. The van der Waals surface area contributed by atoms with Crippen LogP contribution in [-0.2, 0) is 24.3 Å². The number of aliphatic carboxylic acids is 1. The number of nitrogens with one attached hydrogen (secondary N) is 1. The lowest BCUT2D eigenvalue weighted by Crippen LogP contribution is -2.52. The van der Waals surface area contributed by atoms with Crippen molar-refractivity contribution in [1.82, 2.24) is 9.62 Å². The molecule has 0 bridgehead atoms. The van der Waals surface area contributed by atoms with E-state index in [1.165, 1.54) is 4.90 Å². The van der Waals surface area contributed by atoms with Gasteiger partial charge in [-0.15, -0.1) is 0 Å². The molecule has 1 saturated heterocycles. The van der Waals surface area contributed by atoms with Crippen LogP contribution in [0.5, 0.6) is 0 Å². The van der Waals surface area contributed by atoms with E-state index < -0.39 is 27.3 Å². The minimum atomic E-state index is -3.45. The Bertz CT molecular complexity index is 507. The molecule has 0 aromatic carbocycles. The zero-order valence-electron chi connectivity index (χ0n) is 13.0. The molecule has 22 heavy (non-hydrogen) atoms. The molecule has 2 N–H and O–H groups in total. The van der Waals surface area contributed by atoms with E-state index in [9.17, 15) is 23.1 Å². The van der Waals surface area contributed by atoms with E-state index in [1.807, 2.05) is 0 Å². The predicted molar refractivity (Wildman–Crippen MR) is 79.8 cm³/mol. The largest absolute Gasteiger partial charge is 0.481 e. The second-order valence-corrected chi connectivity index (χ2v) is 7.53. The fourth-order valence-corrected chi connectivity index (χ4v) is 3.08. The number of likely N-dealkylation sites (tertiary alicyclic amines) is 1. The summed E-state index contributed by atoms with van der Waals surface area (Å²) in [7, 11) is -1.89. The molecule has 0 radical (unpaired) electrons. The summed E-state index contributed by atoms with van der Waals surface area (Å²) in [5, 5.41) is 9.56. The number of nitrogens with zero attached hydrogens (tertiary/aromatic N) is 1. The Hall–Kier alpha value is -1.19. The summed E-state index contributed by atoms with van der Waals surface area (Å²) in [6, 6.07) is 0. The monoisotopic (exact) mass is 336 g/mol. The highest BCUT2D eigenvalue weighted by atomic mass is 32.2. The van der Waals surface area contributed by atoms with Crippen LogP contribution in [0.25, 0.3) is 0 Å². The molecule has 0 aromatic heterocycles. The third-order valence-electron chi connectivity index (χ3n) is 3.87. The Balaban J connectivity index is 2.70. The number of ether oxygens (including phenoxy) is 1. The maximum atomic E-state index is 12.1. The van der Waals surface area contributed by atoms with Crippen molar-refractivity contribution in [3.05, 3.63) is 0 Å². The van der Waals surface area contributed by atoms with E-state index in [0.717, 1.165) is 6.26 Å². The third-order valence-corrected chi connectivity index (χ3v) is 4.54. The van der Waals surface area contributed by atoms with Gasteiger partial charge in [-0.3, -0.25) is 9.59 Å². The van der Waals surface area contributed by atoms with Gasteiger partial charge in [0.25, 0.3) is 0 Å². The van der Waals surface area contributed by atoms with Crippen LogP contribution in [0.2, 0.25) is 0 Å². The smallest absolute Gasteiger partial charge is 0.311 e. The quantitative estimate of drug-likeness (QED) is 0.586. The van der Waals surface area contributed by atoms with Crippen LogP contribution in [0.15, 0.2) is 0 Å². The number of carbonyl (C=O) groups excluding carboxylic acids is 1. The molecule has 9 heteroatoms. The van der Waals surface area contributed by atoms with Gasteiger partial charge in [-0.1, -0.05) is 0 Å². The lowest BCUT2D eigenvalue weighted by molar-refractivity contribution is -0.155. The summed E-state index contributed by atoms with van der Waals surface area (Å²) < 4.78 is 29.2. The summed E-state index contributed by atoms with van der Waals surface area (Å²) >= 11 is 0. The van der Waals surface area contributed by atoms with E-state index in [4.69, 9.17) is 4.74 Å². The van der Waals surface area contributed by atoms with E-state index in [1.54, 1.807) is 7.11 Å². The van der Waals surface area contributed by atoms with Gasteiger partial charge >= 0.3 is 5.97 Å². The van der Waals surface area contributed by atoms with Crippen molar-refractivity contribution in [2.24, 2.45) is 5.41 Å². The normalized spacial score (nSPS) is 22.5. The molecule has 1 amide bonds. The lowest BCUT2D eigenvalue weighted by Gasteiger charge is -2.40. The molecule has 0 aromatic rings. The van der Waals surface area contributed by atoms with Gasteiger partial charge in [0.05, 0.1) is 18.2 Å². The molecule has 8 nitrogen and oxygen atoms in total. The van der Waals surface area contributed by atoms with E-state index in [0.29, 0.717) is 38.8 Å². The SMILES string of the molecule is COCCC[C@@]1(C(=O)O)CCCN(C(=O)CNS(C)(=O)=O)C1. The minimum absolute atomic E-state index is 0.107. The Morgan fingerprint density at radius 2 is 2.09 bits per heavy atom. The van der Waals surface area contributed by atoms with Crippen LogP contribution in [0.4, 0.5) is 0 Å². The molecular weight excluding hydrogens is 312 g/mol. The molecule has 0 spiro atoms. The van der Waals surface area contributed by atoms with Gasteiger partial charge in [0.15, 0.2) is 0 Å². The van der Waals surface area contributed by atoms with Gasteiger partial charge in [-0.25, -0.2) is 13.1 Å². The first kappa shape index (κ1) is 18.9. The van der Waals surface area contributed by atoms with Crippen LogP contribution in [0.1, 0.15) is 25.7 Å². The van der Waals surface area contributed by atoms with Gasteiger partial charge in [0.1, 0.15) is 0 Å². The topological polar surface area (TPSA) is 113 Å². The van der Waals surface area contributed by atoms with Crippen molar-refractivity contribution in [2.45, 2.75) is 25.7 Å². The molecule has 1 aliphatic rings. The summed E-state index contributed by atoms with van der Waals surface area (Å²) in [5.74, 6) is -1.32. The van der Waals surface area contributed by atoms with Crippen molar-refractivity contribution in [3.8, 4) is 0 Å². The van der Waals surface area contributed by atoms with E-state index in [2.05, 4.69) is 4.72 Å². The van der Waals surface area contributed by atoms with Crippen molar-refractivity contribution < 1.29 is 27.9 Å². The minimum Gasteiger partial charge on any atom is -0.481 e. The van der Waals surface area contributed by atoms with Crippen LogP contribution >= 0.6 is 0 Å². The van der Waals surface area contributed by atoms with E-state index >= 15 is 0 Å². The second kappa shape index (κ2) is 7.89. The highest BCUT2D eigenvalue weighted by Crippen LogP contribution is 2.35. The van der Waals surface area contributed by atoms with Crippen molar-refractivity contribution in [3.63, 3.8) is 0 Å². The zero-order chi connectivity index (χ0) is 16.8. The number of hydrogen-bond donors (Lipinski definition) is 2. The Morgan fingerprint density at radius 1 is 1.41 bits per heavy atom. The van der Waals surface area contributed by atoms with Crippen LogP contribution in [-0.4, -0.2) is 69.9 Å². The number of carbonyl (C=O) groups is 2. The maximum absolute atomic E-state index is 12.1. The third kappa shape index (κ3) is 5.54. The molecule has 1 aliphatic heterocycles. The number of piperidine rings is 1. The fraction of sp³-hybridized carbons (Fsp3) is 0.846. The van der Waals surface area contributed by atoms with Crippen molar-refractivity contribution in [2.75, 3.05) is 39.6 Å². The number of carboxylic acid groups (broad SMARTS) is 1. The molecule has 0 unspecified atom stereocenters. The highest BCUT2D eigenvalue weighted by molar-refractivity contribution is 7.88. The van der Waals surface area contributed by atoms with Crippen molar-refractivity contribution in [1.29, 1.82) is 0 Å². The average Bonchev–Trinajstić information content (AvgIpc) is 2.44. The number of sulfonamides is 1. The fourth-order valence-electron chi connectivity index (χ4n) is 2.69. The molecule has 1 fully saturated rings. The standard InChI is InChI=1S/C13H24N2O6S/c1-21-8-4-6-13(12(17)18)5-3-7-15(10-13)11(16)9-14-22(2,19)20/h14H,3-10H2,1-2H3,(H,17,18)/t13-/m0/s1. The first-order chi connectivity index (χ1) is 10.2. The van der Waals surface area contributed by atoms with Gasteiger partial charge in [-0.2, -0.15) is 0 Å². The summed E-state index contributed by atoms with van der Waals surface area (Å²) in [5.41, 5.74) is -0.975. The van der Waals surface area contributed by atoms with E-state index in [-0.39, 0.29) is 13.1 Å². The molecule has 0 saturated carbocycles. The van der Waals surface area contributed by atoms with Crippen molar-refractivity contribution >= 4 is 21.9 Å². The van der Waals surface area contributed by atoms with Gasteiger partial charge < -0.3 is 14.7 Å². The molecule has 1 heterocycles. The number of carboxylic acids is 1. The molecule has 0 aliphatic carbocycles. The molecule has 128 valence electrons. The summed E-state index contributed by atoms with van der Waals surface area (Å²) in [6.07, 6.45) is 3.11. The Labute approximate surface area is 130 Å². The van der Waals surface area contributed by atoms with Gasteiger partial charge in [0, 0.05) is 26.8 Å².